The van der Waals surface area contributed by atoms with Crippen molar-refractivity contribution in [3.05, 3.63) is 30.1 Å². The Balaban J connectivity index is 1.95. The predicted octanol–water partition coefficient (Wildman–Crippen LogP) is 2.84. The molecule has 1 aliphatic rings. The van der Waals surface area contributed by atoms with Crippen molar-refractivity contribution in [3.63, 3.8) is 0 Å². The lowest BCUT2D eigenvalue weighted by atomic mass is 9.95. The van der Waals surface area contributed by atoms with Crippen molar-refractivity contribution in [3.8, 4) is 0 Å². The van der Waals surface area contributed by atoms with Gasteiger partial charge in [-0.25, -0.2) is 4.98 Å². The normalized spacial score (nSPS) is 23.3. The standard InChI is InChI=1S/C17H26N4/c1-12(18)15-9-6-7-11-21(15)13(2)17-19-14-8-4-5-10-16(14)20(17)3/h4-5,8,10,12-13,15H,6-7,9,11,18H2,1-3H3. The third-order valence-corrected chi connectivity index (χ3v) is 4.89. The molecule has 1 saturated heterocycles. The first-order valence-corrected chi connectivity index (χ1v) is 8.02. The molecule has 2 N–H and O–H groups in total. The molecule has 1 aliphatic heterocycles. The Morgan fingerprint density at radius 1 is 1.24 bits per heavy atom. The number of hydrogen-bond donors (Lipinski definition) is 1. The largest absolute Gasteiger partial charge is 0.330 e. The first-order valence-electron chi connectivity index (χ1n) is 8.02. The van der Waals surface area contributed by atoms with Crippen LogP contribution in [0.2, 0.25) is 0 Å². The van der Waals surface area contributed by atoms with Gasteiger partial charge in [-0.3, -0.25) is 4.90 Å². The Morgan fingerprint density at radius 3 is 2.71 bits per heavy atom. The molecule has 0 aliphatic carbocycles. The number of rotatable bonds is 3. The number of benzene rings is 1. The minimum absolute atomic E-state index is 0.211. The number of piperidine rings is 1. The average molecular weight is 286 g/mol. The number of nitrogens with two attached hydrogens (primary N) is 1. The van der Waals surface area contributed by atoms with Crippen LogP contribution in [0.25, 0.3) is 11.0 Å². The van der Waals surface area contributed by atoms with E-state index in [4.69, 9.17) is 10.7 Å². The Labute approximate surface area is 126 Å². The highest BCUT2D eigenvalue weighted by Crippen LogP contribution is 2.30. The maximum atomic E-state index is 6.22. The highest BCUT2D eigenvalue weighted by atomic mass is 15.2. The lowest BCUT2D eigenvalue weighted by Gasteiger charge is -2.41. The van der Waals surface area contributed by atoms with Gasteiger partial charge in [0, 0.05) is 19.1 Å². The van der Waals surface area contributed by atoms with Crippen LogP contribution in [0.15, 0.2) is 24.3 Å². The van der Waals surface area contributed by atoms with Crippen LogP contribution in [0.5, 0.6) is 0 Å². The van der Waals surface area contributed by atoms with E-state index in [1.165, 1.54) is 24.8 Å². The SMILES string of the molecule is CC(N)C1CCCCN1C(C)c1nc2ccccc2n1C. The summed E-state index contributed by atoms with van der Waals surface area (Å²) in [6.07, 6.45) is 3.75. The van der Waals surface area contributed by atoms with Crippen LogP contribution in [0, 0.1) is 0 Å². The van der Waals surface area contributed by atoms with Crippen LogP contribution < -0.4 is 5.73 Å². The Kier molecular flexibility index (Phi) is 4.00. The van der Waals surface area contributed by atoms with E-state index in [1.54, 1.807) is 0 Å². The van der Waals surface area contributed by atoms with Crippen LogP contribution in [0.3, 0.4) is 0 Å². The van der Waals surface area contributed by atoms with Crippen LogP contribution in [-0.2, 0) is 7.05 Å². The maximum Gasteiger partial charge on any atom is 0.126 e. The minimum Gasteiger partial charge on any atom is -0.330 e. The van der Waals surface area contributed by atoms with Gasteiger partial charge in [0.1, 0.15) is 5.82 Å². The third kappa shape index (κ3) is 2.58. The number of para-hydroxylation sites is 2. The van der Waals surface area contributed by atoms with Crippen molar-refractivity contribution in [1.82, 2.24) is 14.5 Å². The van der Waals surface area contributed by atoms with Crippen molar-refractivity contribution in [2.75, 3.05) is 6.54 Å². The van der Waals surface area contributed by atoms with Gasteiger partial charge in [0.25, 0.3) is 0 Å². The molecule has 0 bridgehead atoms. The van der Waals surface area contributed by atoms with Crippen molar-refractivity contribution in [2.45, 2.75) is 51.2 Å². The highest BCUT2D eigenvalue weighted by Gasteiger charge is 2.31. The molecule has 2 heterocycles. The molecular weight excluding hydrogens is 260 g/mol. The topological polar surface area (TPSA) is 47.1 Å². The zero-order valence-corrected chi connectivity index (χ0v) is 13.3. The summed E-state index contributed by atoms with van der Waals surface area (Å²) in [6.45, 7) is 5.52. The molecule has 1 fully saturated rings. The second kappa shape index (κ2) is 5.78. The molecule has 21 heavy (non-hydrogen) atoms. The highest BCUT2D eigenvalue weighted by molar-refractivity contribution is 5.75. The second-order valence-electron chi connectivity index (χ2n) is 6.35. The fourth-order valence-electron chi connectivity index (χ4n) is 3.71. The van der Waals surface area contributed by atoms with Gasteiger partial charge < -0.3 is 10.3 Å². The smallest absolute Gasteiger partial charge is 0.126 e. The third-order valence-electron chi connectivity index (χ3n) is 4.89. The summed E-state index contributed by atoms with van der Waals surface area (Å²) in [4.78, 5) is 7.41. The molecule has 2 aromatic rings. The van der Waals surface area contributed by atoms with Gasteiger partial charge in [0.15, 0.2) is 0 Å². The molecule has 4 heteroatoms. The molecular formula is C17H26N4. The first kappa shape index (κ1) is 14.5. The zero-order chi connectivity index (χ0) is 15.0. The molecule has 114 valence electrons. The van der Waals surface area contributed by atoms with Gasteiger partial charge in [-0.2, -0.15) is 0 Å². The minimum atomic E-state index is 0.211. The molecule has 0 spiro atoms. The Bertz CT molecular complexity index is 616. The number of likely N-dealkylation sites (tertiary alicyclic amines) is 1. The molecule has 3 rings (SSSR count). The van der Waals surface area contributed by atoms with Crippen LogP contribution >= 0.6 is 0 Å². The number of hydrogen-bond acceptors (Lipinski definition) is 3. The molecule has 0 radical (unpaired) electrons. The number of nitrogens with zero attached hydrogens (tertiary/aromatic N) is 3. The Hall–Kier alpha value is -1.39. The van der Waals surface area contributed by atoms with Gasteiger partial charge >= 0.3 is 0 Å². The first-order chi connectivity index (χ1) is 10.1. The van der Waals surface area contributed by atoms with Crippen LogP contribution in [0.1, 0.15) is 45.0 Å². The van der Waals surface area contributed by atoms with Gasteiger partial charge in [-0.05, 0) is 45.4 Å². The van der Waals surface area contributed by atoms with E-state index in [1.807, 2.05) is 0 Å². The fraction of sp³-hybridized carbons (Fsp3) is 0.588. The number of imidazole rings is 1. The van der Waals surface area contributed by atoms with Gasteiger partial charge in [0.05, 0.1) is 17.1 Å². The van der Waals surface area contributed by atoms with E-state index in [0.717, 1.165) is 17.9 Å². The quantitative estimate of drug-likeness (QED) is 0.944. The second-order valence-corrected chi connectivity index (χ2v) is 6.35. The maximum absolute atomic E-state index is 6.22. The van der Waals surface area contributed by atoms with Gasteiger partial charge in [-0.1, -0.05) is 18.6 Å². The molecule has 3 unspecified atom stereocenters. The molecule has 4 nitrogen and oxygen atoms in total. The van der Waals surface area contributed by atoms with Gasteiger partial charge in [-0.15, -0.1) is 0 Å². The monoisotopic (exact) mass is 286 g/mol. The van der Waals surface area contributed by atoms with E-state index in [2.05, 4.69) is 54.6 Å². The summed E-state index contributed by atoms with van der Waals surface area (Å²) in [6, 6.07) is 9.33. The van der Waals surface area contributed by atoms with E-state index in [-0.39, 0.29) is 6.04 Å². The molecule has 0 amide bonds. The van der Waals surface area contributed by atoms with Crippen LogP contribution in [0.4, 0.5) is 0 Å². The number of aryl methyl sites for hydroxylation is 1. The summed E-state index contributed by atoms with van der Waals surface area (Å²) >= 11 is 0. The molecule has 3 atom stereocenters. The summed E-state index contributed by atoms with van der Waals surface area (Å²) in [5, 5.41) is 0. The summed E-state index contributed by atoms with van der Waals surface area (Å²) in [7, 11) is 2.12. The Morgan fingerprint density at radius 2 is 2.00 bits per heavy atom. The van der Waals surface area contributed by atoms with Crippen molar-refractivity contribution in [2.24, 2.45) is 12.8 Å². The average Bonchev–Trinajstić information content (AvgIpc) is 2.84. The summed E-state index contributed by atoms with van der Waals surface area (Å²) < 4.78 is 2.23. The fourth-order valence-corrected chi connectivity index (χ4v) is 3.71. The summed E-state index contributed by atoms with van der Waals surface area (Å²) in [5.74, 6) is 1.14. The van der Waals surface area contributed by atoms with Gasteiger partial charge in [0.2, 0.25) is 0 Å². The zero-order valence-electron chi connectivity index (χ0n) is 13.3. The lowest BCUT2D eigenvalue weighted by Crippen LogP contribution is -2.50. The van der Waals surface area contributed by atoms with Crippen molar-refractivity contribution in [1.29, 1.82) is 0 Å². The van der Waals surface area contributed by atoms with Crippen molar-refractivity contribution < 1.29 is 0 Å². The number of aromatic nitrogens is 2. The van der Waals surface area contributed by atoms with E-state index < -0.39 is 0 Å². The molecule has 1 aromatic carbocycles. The van der Waals surface area contributed by atoms with E-state index in [0.29, 0.717) is 12.1 Å². The number of fused-ring (bicyclic) bond motifs is 1. The molecule has 0 saturated carbocycles. The van der Waals surface area contributed by atoms with Crippen LogP contribution in [-0.4, -0.2) is 33.1 Å². The summed E-state index contributed by atoms with van der Waals surface area (Å²) in [5.41, 5.74) is 8.50. The predicted molar refractivity (Wildman–Crippen MR) is 87.1 cm³/mol. The lowest BCUT2D eigenvalue weighted by molar-refractivity contribution is 0.0839. The molecule has 1 aromatic heterocycles. The van der Waals surface area contributed by atoms with Crippen molar-refractivity contribution >= 4 is 11.0 Å². The van der Waals surface area contributed by atoms with E-state index in [9.17, 15) is 0 Å². The van der Waals surface area contributed by atoms with E-state index >= 15 is 0 Å².